The number of fused-ring (bicyclic) bond motifs is 1. The van der Waals surface area contributed by atoms with Gasteiger partial charge in [0.15, 0.2) is 10.4 Å². The van der Waals surface area contributed by atoms with Gasteiger partial charge in [-0.1, -0.05) is 0 Å². The zero-order valence-electron chi connectivity index (χ0n) is 10.9. The van der Waals surface area contributed by atoms with E-state index in [1.807, 2.05) is 36.1 Å². The monoisotopic (exact) mass is 273 g/mol. The number of pyridine rings is 1. The van der Waals surface area contributed by atoms with Gasteiger partial charge in [-0.25, -0.2) is 9.97 Å². The summed E-state index contributed by atoms with van der Waals surface area (Å²) >= 11 is 5.41. The average Bonchev–Trinajstić information content (AvgIpc) is 2.95. The molecule has 0 aliphatic carbocycles. The number of hydrogen-bond donors (Lipinski definition) is 1. The summed E-state index contributed by atoms with van der Waals surface area (Å²) in [5.41, 5.74) is 2.88. The summed E-state index contributed by atoms with van der Waals surface area (Å²) in [7, 11) is 0. The number of H-pyrrole nitrogens is 1. The Kier molecular flexibility index (Phi) is 2.94. The van der Waals surface area contributed by atoms with E-state index in [9.17, 15) is 0 Å². The molecule has 0 aliphatic rings. The molecule has 0 saturated heterocycles. The molecule has 5 nitrogen and oxygen atoms in total. The van der Waals surface area contributed by atoms with E-state index in [2.05, 4.69) is 26.4 Å². The Bertz CT molecular complexity index is 753. The van der Waals surface area contributed by atoms with E-state index in [0.29, 0.717) is 4.77 Å². The highest BCUT2D eigenvalue weighted by atomic mass is 32.1. The maximum atomic E-state index is 5.41. The van der Waals surface area contributed by atoms with Crippen molar-refractivity contribution in [2.45, 2.75) is 26.4 Å². The molecule has 6 heteroatoms. The third kappa shape index (κ3) is 2.19. The van der Waals surface area contributed by atoms with Crippen molar-refractivity contribution in [1.82, 2.24) is 24.1 Å². The minimum Gasteiger partial charge on any atom is -0.335 e. The first kappa shape index (κ1) is 12.1. The van der Waals surface area contributed by atoms with Crippen molar-refractivity contribution in [1.29, 1.82) is 0 Å². The topological polar surface area (TPSA) is 51.4 Å². The van der Waals surface area contributed by atoms with E-state index in [4.69, 9.17) is 12.2 Å². The Balaban J connectivity index is 2.06. The largest absolute Gasteiger partial charge is 0.335 e. The summed E-state index contributed by atoms with van der Waals surface area (Å²) in [6.07, 6.45) is 5.55. The number of aryl methyl sites for hydroxylation is 1. The smallest absolute Gasteiger partial charge is 0.179 e. The van der Waals surface area contributed by atoms with Crippen LogP contribution in [0.3, 0.4) is 0 Å². The second-order valence-electron chi connectivity index (χ2n) is 4.73. The lowest BCUT2D eigenvalue weighted by atomic mass is 10.3. The molecule has 0 radical (unpaired) electrons. The molecule has 19 heavy (non-hydrogen) atoms. The zero-order valence-corrected chi connectivity index (χ0v) is 11.7. The third-order valence-corrected chi connectivity index (χ3v) is 3.48. The van der Waals surface area contributed by atoms with Gasteiger partial charge in [-0.15, -0.1) is 0 Å². The third-order valence-electron chi connectivity index (χ3n) is 3.18. The van der Waals surface area contributed by atoms with Gasteiger partial charge >= 0.3 is 0 Å². The van der Waals surface area contributed by atoms with Gasteiger partial charge in [0.05, 0.1) is 17.9 Å². The van der Waals surface area contributed by atoms with Crippen molar-refractivity contribution in [3.8, 4) is 0 Å². The van der Waals surface area contributed by atoms with Crippen LogP contribution in [0.25, 0.3) is 11.2 Å². The van der Waals surface area contributed by atoms with Gasteiger partial charge in [-0.3, -0.25) is 4.57 Å². The second-order valence-corrected chi connectivity index (χ2v) is 5.12. The molecule has 0 aliphatic heterocycles. The van der Waals surface area contributed by atoms with Crippen molar-refractivity contribution >= 4 is 23.4 Å². The van der Waals surface area contributed by atoms with E-state index in [1.165, 1.54) is 0 Å². The van der Waals surface area contributed by atoms with Crippen LogP contribution in [0.4, 0.5) is 0 Å². The number of imidazole rings is 2. The Morgan fingerprint density at radius 2 is 2.26 bits per heavy atom. The number of aromatic amines is 1. The molecule has 1 N–H and O–H groups in total. The maximum Gasteiger partial charge on any atom is 0.179 e. The molecule has 3 aromatic heterocycles. The fourth-order valence-electron chi connectivity index (χ4n) is 2.29. The summed E-state index contributed by atoms with van der Waals surface area (Å²) in [6, 6.07) is 4.22. The van der Waals surface area contributed by atoms with Crippen LogP contribution in [0.5, 0.6) is 0 Å². The first-order valence-electron chi connectivity index (χ1n) is 6.19. The first-order chi connectivity index (χ1) is 9.15. The summed E-state index contributed by atoms with van der Waals surface area (Å²) < 4.78 is 4.82. The highest BCUT2D eigenvalue weighted by molar-refractivity contribution is 7.71. The zero-order chi connectivity index (χ0) is 13.4. The number of rotatable bonds is 3. The van der Waals surface area contributed by atoms with Crippen LogP contribution in [0, 0.1) is 11.7 Å². The SMILES string of the molecule is Cc1ccc2[nH]c(=S)n(C(C)Cn3ccnc3)c2n1. The number of aromatic nitrogens is 5. The minimum atomic E-state index is 0.213. The highest BCUT2D eigenvalue weighted by Gasteiger charge is 2.12. The molecule has 0 spiro atoms. The highest BCUT2D eigenvalue weighted by Crippen LogP contribution is 2.19. The molecule has 0 aromatic carbocycles. The lowest BCUT2D eigenvalue weighted by molar-refractivity contribution is 0.468. The Hall–Kier alpha value is -1.95. The van der Waals surface area contributed by atoms with Crippen LogP contribution in [0.15, 0.2) is 30.9 Å². The van der Waals surface area contributed by atoms with Crippen molar-refractivity contribution < 1.29 is 0 Å². The fourth-order valence-corrected chi connectivity index (χ4v) is 2.66. The molecule has 3 rings (SSSR count). The quantitative estimate of drug-likeness (QED) is 0.747. The average molecular weight is 273 g/mol. The molecular weight excluding hydrogens is 258 g/mol. The van der Waals surface area contributed by atoms with Gasteiger partial charge in [0.2, 0.25) is 0 Å². The molecule has 0 amide bonds. The number of hydrogen-bond acceptors (Lipinski definition) is 3. The molecular formula is C13H15N5S. The summed E-state index contributed by atoms with van der Waals surface area (Å²) in [6.45, 7) is 4.93. The lowest BCUT2D eigenvalue weighted by Crippen LogP contribution is -2.12. The summed E-state index contributed by atoms with van der Waals surface area (Å²) in [5.74, 6) is 0. The second kappa shape index (κ2) is 4.62. The molecule has 0 saturated carbocycles. The van der Waals surface area contributed by atoms with Gasteiger partial charge < -0.3 is 9.55 Å². The summed E-state index contributed by atoms with van der Waals surface area (Å²) in [5, 5.41) is 0. The predicted octanol–water partition coefficient (Wildman–Crippen LogP) is 2.86. The van der Waals surface area contributed by atoms with Crippen LogP contribution in [-0.4, -0.2) is 24.1 Å². The van der Waals surface area contributed by atoms with Crippen LogP contribution < -0.4 is 0 Å². The van der Waals surface area contributed by atoms with Crippen LogP contribution in [0.2, 0.25) is 0 Å². The van der Waals surface area contributed by atoms with E-state index in [0.717, 1.165) is 23.4 Å². The Morgan fingerprint density at radius 3 is 3.00 bits per heavy atom. The van der Waals surface area contributed by atoms with Crippen molar-refractivity contribution in [2.75, 3.05) is 0 Å². The lowest BCUT2D eigenvalue weighted by Gasteiger charge is -2.14. The van der Waals surface area contributed by atoms with Gasteiger partial charge in [-0.05, 0) is 38.2 Å². The predicted molar refractivity (Wildman–Crippen MR) is 76.6 cm³/mol. The standard InChI is InChI=1S/C13H15N5S/c1-9-3-4-11-12(15-9)18(13(19)16-11)10(2)7-17-6-5-14-8-17/h3-6,8,10H,7H2,1-2H3,(H,16,19). The maximum absolute atomic E-state index is 5.41. The molecule has 0 bridgehead atoms. The van der Waals surface area contributed by atoms with Crippen molar-refractivity contribution in [3.05, 3.63) is 41.3 Å². The van der Waals surface area contributed by atoms with Gasteiger partial charge in [0.1, 0.15) is 0 Å². The van der Waals surface area contributed by atoms with E-state index in [-0.39, 0.29) is 6.04 Å². The van der Waals surface area contributed by atoms with Gasteiger partial charge in [-0.2, -0.15) is 0 Å². The molecule has 3 heterocycles. The summed E-state index contributed by atoms with van der Waals surface area (Å²) in [4.78, 5) is 11.9. The van der Waals surface area contributed by atoms with Crippen LogP contribution in [0.1, 0.15) is 18.7 Å². The van der Waals surface area contributed by atoms with Gasteiger partial charge in [0.25, 0.3) is 0 Å². The van der Waals surface area contributed by atoms with Crippen LogP contribution in [-0.2, 0) is 6.54 Å². The molecule has 0 fully saturated rings. The number of nitrogens with zero attached hydrogens (tertiary/aromatic N) is 4. The Labute approximate surface area is 115 Å². The fraction of sp³-hybridized carbons (Fsp3) is 0.308. The first-order valence-corrected chi connectivity index (χ1v) is 6.59. The van der Waals surface area contributed by atoms with Gasteiger partial charge in [0, 0.05) is 24.6 Å². The molecule has 3 aromatic rings. The Morgan fingerprint density at radius 1 is 1.42 bits per heavy atom. The van der Waals surface area contributed by atoms with Crippen LogP contribution >= 0.6 is 12.2 Å². The normalized spacial score (nSPS) is 12.9. The molecule has 1 unspecified atom stereocenters. The van der Waals surface area contributed by atoms with Crippen molar-refractivity contribution in [3.63, 3.8) is 0 Å². The number of nitrogens with one attached hydrogen (secondary N) is 1. The van der Waals surface area contributed by atoms with E-state index < -0.39 is 0 Å². The molecule has 1 atom stereocenters. The minimum absolute atomic E-state index is 0.213. The van der Waals surface area contributed by atoms with E-state index >= 15 is 0 Å². The molecule has 98 valence electrons. The van der Waals surface area contributed by atoms with Crippen molar-refractivity contribution in [2.24, 2.45) is 0 Å². The van der Waals surface area contributed by atoms with E-state index in [1.54, 1.807) is 6.20 Å².